The molecule has 0 bridgehead atoms. The minimum atomic E-state index is -0.317. The van der Waals surface area contributed by atoms with Crippen LogP contribution in [-0.2, 0) is 13.0 Å². The van der Waals surface area contributed by atoms with Gasteiger partial charge in [-0.2, -0.15) is 5.10 Å². The quantitative estimate of drug-likeness (QED) is 0.420. The molecule has 35 heavy (non-hydrogen) atoms. The molecular formula is C26H23FN6O2. The van der Waals surface area contributed by atoms with E-state index in [1.165, 1.54) is 10.6 Å². The predicted octanol–water partition coefficient (Wildman–Crippen LogP) is 3.79. The molecule has 0 fully saturated rings. The zero-order chi connectivity index (χ0) is 24.3. The molecule has 176 valence electrons. The molecule has 0 unspecified atom stereocenters. The maximum atomic E-state index is 13.9. The second-order valence-electron chi connectivity index (χ2n) is 8.98. The fraction of sp³-hybridized carbons (Fsp3) is 0.192. The fourth-order valence-electron chi connectivity index (χ4n) is 4.75. The van der Waals surface area contributed by atoms with Gasteiger partial charge >= 0.3 is 5.69 Å². The lowest BCUT2D eigenvalue weighted by Crippen LogP contribution is -2.36. The first-order valence-electron chi connectivity index (χ1n) is 11.4. The van der Waals surface area contributed by atoms with Gasteiger partial charge in [0.1, 0.15) is 17.3 Å². The number of imidazole rings is 1. The summed E-state index contributed by atoms with van der Waals surface area (Å²) in [6, 6.07) is 12.6. The molecule has 1 aliphatic heterocycles. The lowest BCUT2D eigenvalue weighted by molar-refractivity contribution is 0.0729. The lowest BCUT2D eigenvalue weighted by atomic mass is 10.1. The van der Waals surface area contributed by atoms with E-state index >= 15 is 0 Å². The average Bonchev–Trinajstić information content (AvgIpc) is 3.55. The van der Waals surface area contributed by atoms with E-state index in [0.717, 1.165) is 27.7 Å². The Labute approximate surface area is 199 Å². The van der Waals surface area contributed by atoms with E-state index in [1.54, 1.807) is 41.0 Å². The highest BCUT2D eigenvalue weighted by atomic mass is 19.1. The Hall–Kier alpha value is -4.40. The van der Waals surface area contributed by atoms with Gasteiger partial charge in [-0.25, -0.2) is 13.9 Å². The summed E-state index contributed by atoms with van der Waals surface area (Å²) < 4.78 is 17.1. The number of amides is 1. The standard InChI is InChI=1S/C26H23FN6O2/c1-15-3-6-21-17(11-15)13-23(29-21)25(34)31-9-7-22-19(14-31)24(32-10-8-28-26(32)35)33(30-22)18-4-5-20(27)16(2)12-18/h3-6,8,10-13,29H,7,9,14H2,1-2H3,(H,28,35). The molecule has 3 aromatic heterocycles. The van der Waals surface area contributed by atoms with Gasteiger partial charge in [0.2, 0.25) is 0 Å². The Bertz CT molecular complexity index is 1670. The zero-order valence-corrected chi connectivity index (χ0v) is 19.3. The zero-order valence-electron chi connectivity index (χ0n) is 19.3. The monoisotopic (exact) mass is 470 g/mol. The molecule has 0 radical (unpaired) electrons. The summed E-state index contributed by atoms with van der Waals surface area (Å²) in [7, 11) is 0. The summed E-state index contributed by atoms with van der Waals surface area (Å²) in [5.74, 6) is 0.126. The molecule has 4 heterocycles. The van der Waals surface area contributed by atoms with E-state index in [4.69, 9.17) is 5.10 Å². The van der Waals surface area contributed by atoms with Gasteiger partial charge in [0.15, 0.2) is 0 Å². The molecule has 0 spiro atoms. The molecule has 2 aromatic carbocycles. The fourth-order valence-corrected chi connectivity index (χ4v) is 4.75. The Balaban J connectivity index is 1.43. The lowest BCUT2D eigenvalue weighted by Gasteiger charge is -2.26. The minimum Gasteiger partial charge on any atom is -0.351 e. The van der Waals surface area contributed by atoms with E-state index in [-0.39, 0.29) is 17.4 Å². The van der Waals surface area contributed by atoms with Gasteiger partial charge < -0.3 is 14.9 Å². The number of halogens is 1. The Morgan fingerprint density at radius 2 is 1.97 bits per heavy atom. The number of fused-ring (bicyclic) bond motifs is 2. The van der Waals surface area contributed by atoms with Crippen LogP contribution in [0, 0.1) is 19.7 Å². The maximum Gasteiger partial charge on any atom is 0.331 e. The number of hydrogen-bond donors (Lipinski definition) is 2. The molecular weight excluding hydrogens is 447 g/mol. The molecule has 1 aliphatic rings. The Kier molecular flexibility index (Phi) is 4.73. The van der Waals surface area contributed by atoms with Crippen molar-refractivity contribution in [2.45, 2.75) is 26.8 Å². The van der Waals surface area contributed by atoms with Crippen molar-refractivity contribution in [1.29, 1.82) is 0 Å². The van der Waals surface area contributed by atoms with Crippen molar-refractivity contribution in [3.8, 4) is 11.5 Å². The Morgan fingerprint density at radius 3 is 2.74 bits per heavy atom. The number of nitrogens with one attached hydrogen (secondary N) is 2. The molecule has 9 heteroatoms. The molecule has 6 rings (SSSR count). The molecule has 1 amide bonds. The van der Waals surface area contributed by atoms with Crippen LogP contribution in [0.5, 0.6) is 0 Å². The average molecular weight is 471 g/mol. The summed E-state index contributed by atoms with van der Waals surface area (Å²) in [5.41, 5.74) is 4.98. The number of H-pyrrole nitrogens is 2. The van der Waals surface area contributed by atoms with Gasteiger partial charge in [0.25, 0.3) is 5.91 Å². The van der Waals surface area contributed by atoms with Crippen LogP contribution in [0.25, 0.3) is 22.4 Å². The first-order valence-corrected chi connectivity index (χ1v) is 11.4. The van der Waals surface area contributed by atoms with E-state index < -0.39 is 0 Å². The number of carbonyl (C=O) groups excluding carboxylic acids is 1. The number of aromatic amines is 2. The molecule has 0 saturated heterocycles. The molecule has 5 aromatic rings. The van der Waals surface area contributed by atoms with Gasteiger partial charge in [-0.15, -0.1) is 0 Å². The van der Waals surface area contributed by atoms with E-state index in [2.05, 4.69) is 9.97 Å². The maximum absolute atomic E-state index is 13.9. The van der Waals surface area contributed by atoms with Crippen LogP contribution >= 0.6 is 0 Å². The van der Waals surface area contributed by atoms with Crippen molar-refractivity contribution in [1.82, 2.24) is 29.2 Å². The van der Waals surface area contributed by atoms with Crippen molar-refractivity contribution in [2.75, 3.05) is 6.54 Å². The van der Waals surface area contributed by atoms with Gasteiger partial charge in [0, 0.05) is 41.8 Å². The largest absolute Gasteiger partial charge is 0.351 e. The van der Waals surface area contributed by atoms with Crippen LogP contribution in [0.3, 0.4) is 0 Å². The minimum absolute atomic E-state index is 0.109. The second kappa shape index (κ2) is 7.83. The predicted molar refractivity (Wildman–Crippen MR) is 130 cm³/mol. The van der Waals surface area contributed by atoms with E-state index in [0.29, 0.717) is 42.3 Å². The van der Waals surface area contributed by atoms with Crippen molar-refractivity contribution in [3.05, 3.63) is 99.2 Å². The van der Waals surface area contributed by atoms with E-state index in [1.807, 2.05) is 31.2 Å². The third-order valence-electron chi connectivity index (χ3n) is 6.56. The molecule has 2 N–H and O–H groups in total. The highest BCUT2D eigenvalue weighted by molar-refractivity contribution is 5.98. The summed E-state index contributed by atoms with van der Waals surface area (Å²) >= 11 is 0. The third kappa shape index (κ3) is 3.47. The highest BCUT2D eigenvalue weighted by Crippen LogP contribution is 2.29. The van der Waals surface area contributed by atoms with Crippen LogP contribution in [0.15, 0.2) is 59.7 Å². The van der Waals surface area contributed by atoms with Gasteiger partial charge in [-0.05, 0) is 55.8 Å². The first-order chi connectivity index (χ1) is 16.9. The number of aromatic nitrogens is 5. The topological polar surface area (TPSA) is 91.7 Å². The number of aryl methyl sites for hydroxylation is 2. The van der Waals surface area contributed by atoms with Crippen molar-refractivity contribution in [3.63, 3.8) is 0 Å². The van der Waals surface area contributed by atoms with E-state index in [9.17, 15) is 14.0 Å². The third-order valence-corrected chi connectivity index (χ3v) is 6.56. The van der Waals surface area contributed by atoms with Gasteiger partial charge in [0.05, 0.1) is 17.9 Å². The molecule has 0 aliphatic carbocycles. The van der Waals surface area contributed by atoms with Crippen LogP contribution in [0.1, 0.15) is 32.9 Å². The molecule has 8 nitrogen and oxygen atoms in total. The normalized spacial score (nSPS) is 13.4. The second-order valence-corrected chi connectivity index (χ2v) is 8.98. The van der Waals surface area contributed by atoms with Crippen LogP contribution < -0.4 is 5.69 Å². The van der Waals surface area contributed by atoms with Gasteiger partial charge in [-0.1, -0.05) is 11.6 Å². The number of nitrogens with zero attached hydrogens (tertiary/aromatic N) is 4. The number of hydrogen-bond acceptors (Lipinski definition) is 3. The summed E-state index contributed by atoms with van der Waals surface area (Å²) in [5, 5.41) is 5.77. The smallest absolute Gasteiger partial charge is 0.331 e. The SMILES string of the molecule is Cc1ccc2[nH]c(C(=O)N3CCc4nn(-c5ccc(F)c(C)c5)c(-n5cc[nH]c5=O)c4C3)cc2c1. The number of carbonyl (C=O) groups is 1. The number of rotatable bonds is 3. The van der Waals surface area contributed by atoms with Crippen LogP contribution in [0.2, 0.25) is 0 Å². The van der Waals surface area contributed by atoms with Crippen molar-refractivity contribution < 1.29 is 9.18 Å². The van der Waals surface area contributed by atoms with Crippen molar-refractivity contribution in [2.24, 2.45) is 0 Å². The molecule has 0 atom stereocenters. The summed E-state index contributed by atoms with van der Waals surface area (Å²) in [6.07, 6.45) is 3.73. The van der Waals surface area contributed by atoms with Crippen LogP contribution in [-0.4, -0.2) is 41.7 Å². The van der Waals surface area contributed by atoms with Crippen LogP contribution in [0.4, 0.5) is 4.39 Å². The summed E-state index contributed by atoms with van der Waals surface area (Å²) in [6.45, 7) is 4.51. The van der Waals surface area contributed by atoms with Gasteiger partial charge in [-0.3, -0.25) is 9.36 Å². The van der Waals surface area contributed by atoms with Crippen molar-refractivity contribution >= 4 is 16.8 Å². The Morgan fingerprint density at radius 1 is 1.11 bits per heavy atom. The summed E-state index contributed by atoms with van der Waals surface area (Å²) in [4.78, 5) is 33.7. The highest BCUT2D eigenvalue weighted by Gasteiger charge is 2.30. The molecule has 0 saturated carbocycles. The first kappa shape index (κ1) is 21.2. The number of benzene rings is 2.